The highest BCUT2D eigenvalue weighted by atomic mass is 19.1. The summed E-state index contributed by atoms with van der Waals surface area (Å²) in [7, 11) is 0. The number of hydrogen-bond donors (Lipinski definition) is 1. The summed E-state index contributed by atoms with van der Waals surface area (Å²) in [6, 6.07) is 17.2. The van der Waals surface area contributed by atoms with Crippen molar-refractivity contribution in [1.82, 2.24) is 24.7 Å². The lowest BCUT2D eigenvalue weighted by molar-refractivity contribution is -0.141. The van der Waals surface area contributed by atoms with Crippen LogP contribution in [0.15, 0.2) is 48.5 Å². The first-order valence-electron chi connectivity index (χ1n) is 18.7. The van der Waals surface area contributed by atoms with Crippen molar-refractivity contribution < 1.29 is 18.7 Å². The van der Waals surface area contributed by atoms with Crippen molar-refractivity contribution in [3.05, 3.63) is 65.7 Å². The van der Waals surface area contributed by atoms with Crippen LogP contribution in [0.2, 0.25) is 0 Å². The molecule has 2 amide bonds. The van der Waals surface area contributed by atoms with Crippen LogP contribution in [0.5, 0.6) is 0 Å². The van der Waals surface area contributed by atoms with E-state index in [-0.39, 0.29) is 17.1 Å². The SMILES string of the molecule is Cc1nc2ccccc2n1[C@H]1C[C@H]2CC[C@@H](C1)N2CCC1(c2cccc(F)c2)CCN(C(=O)C2(NC(=O)OC(C)(C)C)CCCCC2)CC1. The molecule has 3 saturated heterocycles. The summed E-state index contributed by atoms with van der Waals surface area (Å²) in [6.07, 6.45) is 10.8. The lowest BCUT2D eigenvalue weighted by atomic mass is 9.69. The van der Waals surface area contributed by atoms with E-state index in [1.807, 2.05) is 31.7 Å². The molecule has 4 aliphatic rings. The van der Waals surface area contributed by atoms with Crippen molar-refractivity contribution in [3.8, 4) is 0 Å². The van der Waals surface area contributed by atoms with Gasteiger partial charge in [-0.2, -0.15) is 0 Å². The molecule has 9 heteroatoms. The molecule has 7 rings (SSSR count). The average molecular weight is 672 g/mol. The highest BCUT2D eigenvalue weighted by Crippen LogP contribution is 2.45. The molecule has 49 heavy (non-hydrogen) atoms. The maximum atomic E-state index is 14.7. The zero-order valence-corrected chi connectivity index (χ0v) is 29.8. The van der Waals surface area contributed by atoms with Gasteiger partial charge in [-0.1, -0.05) is 43.5 Å². The number of nitrogens with zero attached hydrogens (tertiary/aromatic N) is 4. The molecule has 3 aromatic rings. The summed E-state index contributed by atoms with van der Waals surface area (Å²) in [5.74, 6) is 0.900. The van der Waals surface area contributed by atoms with Gasteiger partial charge in [-0.15, -0.1) is 0 Å². The maximum absolute atomic E-state index is 14.7. The second kappa shape index (κ2) is 13.3. The van der Waals surface area contributed by atoms with Gasteiger partial charge in [0.15, 0.2) is 0 Å². The molecule has 0 unspecified atom stereocenters. The van der Waals surface area contributed by atoms with Crippen molar-refractivity contribution in [1.29, 1.82) is 0 Å². The Balaban J connectivity index is 1.06. The van der Waals surface area contributed by atoms with Gasteiger partial charge in [-0.25, -0.2) is 14.2 Å². The van der Waals surface area contributed by atoms with Crippen LogP contribution in [0.25, 0.3) is 11.0 Å². The lowest BCUT2D eigenvalue weighted by Crippen LogP contribution is -2.62. The number of hydrogen-bond acceptors (Lipinski definition) is 5. The first kappa shape index (κ1) is 34.0. The van der Waals surface area contributed by atoms with E-state index >= 15 is 0 Å². The van der Waals surface area contributed by atoms with Gasteiger partial charge in [0.2, 0.25) is 5.91 Å². The van der Waals surface area contributed by atoms with Crippen LogP contribution in [0.3, 0.4) is 0 Å². The molecule has 8 nitrogen and oxygen atoms in total. The molecule has 3 aliphatic heterocycles. The molecule has 4 heterocycles. The number of nitrogens with one attached hydrogen (secondary N) is 1. The van der Waals surface area contributed by atoms with Crippen molar-refractivity contribution in [2.75, 3.05) is 19.6 Å². The predicted molar refractivity (Wildman–Crippen MR) is 190 cm³/mol. The van der Waals surface area contributed by atoms with Crippen LogP contribution in [-0.4, -0.2) is 74.2 Å². The molecule has 1 saturated carbocycles. The third-order valence-corrected chi connectivity index (χ3v) is 12.1. The summed E-state index contributed by atoms with van der Waals surface area (Å²) >= 11 is 0. The van der Waals surface area contributed by atoms with Crippen LogP contribution in [0, 0.1) is 12.7 Å². The maximum Gasteiger partial charge on any atom is 0.408 e. The third kappa shape index (κ3) is 6.84. The summed E-state index contributed by atoms with van der Waals surface area (Å²) in [6.45, 7) is 9.82. The Hall–Kier alpha value is -3.46. The summed E-state index contributed by atoms with van der Waals surface area (Å²) in [5.41, 5.74) is 1.57. The van der Waals surface area contributed by atoms with Gasteiger partial charge in [0, 0.05) is 31.2 Å². The quantitative estimate of drug-likeness (QED) is 0.277. The van der Waals surface area contributed by atoms with E-state index < -0.39 is 17.2 Å². The van der Waals surface area contributed by atoms with Crippen molar-refractivity contribution in [2.24, 2.45) is 0 Å². The van der Waals surface area contributed by atoms with Gasteiger partial charge in [-0.3, -0.25) is 9.69 Å². The van der Waals surface area contributed by atoms with E-state index in [9.17, 15) is 14.0 Å². The number of para-hydroxylation sites is 2. The van der Waals surface area contributed by atoms with Crippen LogP contribution in [0.1, 0.15) is 115 Å². The minimum atomic E-state index is -0.929. The molecule has 1 aliphatic carbocycles. The Morgan fingerprint density at radius 1 is 0.939 bits per heavy atom. The second-order valence-corrected chi connectivity index (χ2v) is 16.4. The van der Waals surface area contributed by atoms with Crippen molar-refractivity contribution in [2.45, 2.75) is 139 Å². The first-order chi connectivity index (χ1) is 23.5. The molecular formula is C40H54FN5O3. The highest BCUT2D eigenvalue weighted by Gasteiger charge is 2.48. The number of piperidine rings is 2. The number of aromatic nitrogens is 2. The van der Waals surface area contributed by atoms with Crippen molar-refractivity contribution in [3.63, 3.8) is 0 Å². The molecule has 264 valence electrons. The highest BCUT2D eigenvalue weighted by molar-refractivity contribution is 5.90. The number of alkyl carbamates (subject to hydrolysis) is 1. The van der Waals surface area contributed by atoms with E-state index in [0.717, 1.165) is 74.8 Å². The molecule has 0 spiro atoms. The molecule has 4 fully saturated rings. The minimum Gasteiger partial charge on any atom is -0.444 e. The summed E-state index contributed by atoms with van der Waals surface area (Å²) < 4.78 is 22.8. The van der Waals surface area contributed by atoms with Crippen LogP contribution in [-0.2, 0) is 14.9 Å². The summed E-state index contributed by atoms with van der Waals surface area (Å²) in [5, 5.41) is 3.04. The topological polar surface area (TPSA) is 79.7 Å². The number of benzene rings is 2. The number of fused-ring (bicyclic) bond motifs is 3. The van der Waals surface area contributed by atoms with Gasteiger partial charge < -0.3 is 19.5 Å². The zero-order valence-electron chi connectivity index (χ0n) is 29.8. The van der Waals surface area contributed by atoms with Crippen LogP contribution >= 0.6 is 0 Å². The standard InChI is InChI=1S/C40H54FN5O3/c1-28-42-34-13-6-7-14-35(34)46(28)33-26-31-15-16-32(27-33)45(31)24-21-39(29-11-10-12-30(41)25-29)19-22-44(23-20-39)36(47)40(17-8-5-9-18-40)43-37(48)49-38(2,3)4/h6-7,10-14,25,31-33H,5,8-9,15-24,26-27H2,1-4H3,(H,43,48)/t31-,32+,33+. The smallest absolute Gasteiger partial charge is 0.408 e. The predicted octanol–water partition coefficient (Wildman–Crippen LogP) is 7.83. The van der Waals surface area contributed by atoms with E-state index in [4.69, 9.17) is 9.72 Å². The van der Waals surface area contributed by atoms with Crippen molar-refractivity contribution >= 4 is 23.0 Å². The Kier molecular flexibility index (Phi) is 9.26. The Labute approximate surface area is 290 Å². The fourth-order valence-corrected chi connectivity index (χ4v) is 9.78. The molecule has 0 radical (unpaired) electrons. The fourth-order valence-electron chi connectivity index (χ4n) is 9.78. The first-order valence-corrected chi connectivity index (χ1v) is 18.7. The average Bonchev–Trinajstić information content (AvgIpc) is 3.53. The molecule has 2 aromatic carbocycles. The van der Waals surface area contributed by atoms with Crippen LogP contribution in [0.4, 0.5) is 9.18 Å². The number of likely N-dealkylation sites (tertiary alicyclic amines) is 1. The van der Waals surface area contributed by atoms with Gasteiger partial charge in [-0.05, 0) is 127 Å². The number of carbonyl (C=O) groups excluding carboxylic acids is 2. The van der Waals surface area contributed by atoms with Gasteiger partial charge in [0.05, 0.1) is 11.0 Å². The van der Waals surface area contributed by atoms with E-state index in [0.29, 0.717) is 44.1 Å². The molecule has 1 N–H and O–H groups in total. The van der Waals surface area contributed by atoms with E-state index in [2.05, 4.69) is 52.0 Å². The van der Waals surface area contributed by atoms with E-state index in [1.165, 1.54) is 24.4 Å². The monoisotopic (exact) mass is 671 g/mol. The molecule has 2 bridgehead atoms. The Bertz CT molecular complexity index is 1650. The second-order valence-electron chi connectivity index (χ2n) is 16.4. The lowest BCUT2D eigenvalue weighted by Gasteiger charge is -2.47. The number of rotatable bonds is 7. The fraction of sp³-hybridized carbons (Fsp3) is 0.625. The largest absolute Gasteiger partial charge is 0.444 e. The Morgan fingerprint density at radius 2 is 1.63 bits per heavy atom. The molecular weight excluding hydrogens is 617 g/mol. The number of halogens is 1. The van der Waals surface area contributed by atoms with E-state index in [1.54, 1.807) is 6.07 Å². The summed E-state index contributed by atoms with van der Waals surface area (Å²) in [4.78, 5) is 36.8. The minimum absolute atomic E-state index is 0.00772. The number of imidazole rings is 1. The van der Waals surface area contributed by atoms with Crippen LogP contribution < -0.4 is 5.32 Å². The number of aryl methyl sites for hydroxylation is 1. The number of carbonyl (C=O) groups is 2. The molecule has 3 atom stereocenters. The van der Waals surface area contributed by atoms with Gasteiger partial charge in [0.1, 0.15) is 22.8 Å². The molecule has 1 aromatic heterocycles. The zero-order chi connectivity index (χ0) is 34.4. The van der Waals surface area contributed by atoms with Gasteiger partial charge >= 0.3 is 6.09 Å². The third-order valence-electron chi connectivity index (χ3n) is 12.1. The number of ether oxygens (including phenoxy) is 1. The normalized spacial score (nSPS) is 25.3. The Morgan fingerprint density at radius 3 is 2.31 bits per heavy atom. The number of amides is 2. The van der Waals surface area contributed by atoms with Gasteiger partial charge in [0.25, 0.3) is 0 Å².